The van der Waals surface area contributed by atoms with Crippen LogP contribution in [0.3, 0.4) is 0 Å². The van der Waals surface area contributed by atoms with Crippen LogP contribution in [0.4, 0.5) is 0 Å². The number of rotatable bonds is 3. The number of Topliss-reactive ketones (excluding diaryl/α,β-unsaturated/α-hetero) is 1. The van der Waals surface area contributed by atoms with Crippen LogP contribution in [0.25, 0.3) is 0 Å². The molecule has 2 fully saturated rings. The molecule has 0 aromatic rings. The number of carbonyl (C=O) groups is 3. The highest BCUT2D eigenvalue weighted by atomic mass is 16.8. The minimum Gasteiger partial charge on any atom is -0.467 e. The van der Waals surface area contributed by atoms with Crippen molar-refractivity contribution in [3.8, 4) is 0 Å². The number of carbonyl (C=O) groups excluding carboxylic acids is 3. The van der Waals surface area contributed by atoms with Gasteiger partial charge in [-0.1, -0.05) is 0 Å². The normalized spacial score (nSPS) is 37.0. The van der Waals surface area contributed by atoms with E-state index in [1.807, 2.05) is 0 Å². The second-order valence-corrected chi connectivity index (χ2v) is 4.64. The second-order valence-electron chi connectivity index (χ2n) is 4.64. The molecule has 2 saturated heterocycles. The van der Waals surface area contributed by atoms with Crippen LogP contribution in [0.5, 0.6) is 0 Å². The number of hydrogen-bond donors (Lipinski definition) is 0. The van der Waals surface area contributed by atoms with Gasteiger partial charge in [-0.25, -0.2) is 9.59 Å². The van der Waals surface area contributed by atoms with Crippen LogP contribution < -0.4 is 0 Å². The van der Waals surface area contributed by atoms with E-state index in [1.165, 1.54) is 0 Å². The van der Waals surface area contributed by atoms with Crippen molar-refractivity contribution >= 4 is 17.7 Å². The topological polar surface area (TPSA) is 88.1 Å². The van der Waals surface area contributed by atoms with Gasteiger partial charge in [0.15, 0.2) is 11.6 Å². The van der Waals surface area contributed by atoms with Gasteiger partial charge in [-0.3, -0.25) is 4.79 Å². The molecule has 3 atom stereocenters. The fraction of sp³-hybridized carbons (Fsp3) is 0.750. The van der Waals surface area contributed by atoms with Gasteiger partial charge in [-0.2, -0.15) is 0 Å². The summed E-state index contributed by atoms with van der Waals surface area (Å²) < 4.78 is 20.4. The molecule has 106 valence electrons. The molecule has 2 rings (SSSR count). The maximum absolute atomic E-state index is 12.1. The van der Waals surface area contributed by atoms with Crippen LogP contribution in [0.1, 0.15) is 26.7 Å². The Bertz CT molecular complexity index is 432. The summed E-state index contributed by atoms with van der Waals surface area (Å²) in [5.41, 5.74) is -2.03. The predicted molar refractivity (Wildman–Crippen MR) is 60.0 cm³/mol. The van der Waals surface area contributed by atoms with Gasteiger partial charge >= 0.3 is 11.9 Å². The Morgan fingerprint density at radius 1 is 1.47 bits per heavy atom. The molecule has 0 radical (unpaired) electrons. The maximum atomic E-state index is 12.1. The van der Waals surface area contributed by atoms with E-state index in [0.29, 0.717) is 0 Å². The Morgan fingerprint density at radius 2 is 2.16 bits per heavy atom. The zero-order chi connectivity index (χ0) is 14.3. The average molecular weight is 272 g/mol. The van der Waals surface area contributed by atoms with Gasteiger partial charge in [0.1, 0.15) is 0 Å². The molecule has 19 heavy (non-hydrogen) atoms. The predicted octanol–water partition coefficient (Wildman–Crippen LogP) is -0.0442. The van der Waals surface area contributed by atoms with Crippen molar-refractivity contribution in [3.05, 3.63) is 0 Å². The molecule has 0 aliphatic carbocycles. The minimum absolute atomic E-state index is 0.0713. The summed E-state index contributed by atoms with van der Waals surface area (Å²) in [4.78, 5) is 36.0. The van der Waals surface area contributed by atoms with Crippen molar-refractivity contribution in [2.45, 2.75) is 44.2 Å². The molecule has 7 nitrogen and oxygen atoms in total. The van der Waals surface area contributed by atoms with E-state index >= 15 is 0 Å². The lowest BCUT2D eigenvalue weighted by Crippen LogP contribution is -2.59. The molecule has 0 spiro atoms. The van der Waals surface area contributed by atoms with Gasteiger partial charge in [0.05, 0.1) is 13.7 Å². The zero-order valence-corrected chi connectivity index (χ0v) is 11.1. The standard InChI is InChI=1S/C12H16O7/c1-4-17-10(15)12-7(13)5-6-11(2,19-12)18-8(12)9(14)16-3/h8H,4-6H2,1-3H3. The molecule has 0 amide bonds. The van der Waals surface area contributed by atoms with Crippen molar-refractivity contribution in [3.63, 3.8) is 0 Å². The van der Waals surface area contributed by atoms with Crippen LogP contribution in [0, 0.1) is 0 Å². The van der Waals surface area contributed by atoms with E-state index in [-0.39, 0.29) is 19.4 Å². The Balaban J connectivity index is 2.45. The average Bonchev–Trinajstić information content (AvgIpc) is 2.65. The van der Waals surface area contributed by atoms with Crippen LogP contribution in [0.2, 0.25) is 0 Å². The van der Waals surface area contributed by atoms with Gasteiger partial charge in [-0.15, -0.1) is 0 Å². The van der Waals surface area contributed by atoms with E-state index in [2.05, 4.69) is 4.74 Å². The molecular weight excluding hydrogens is 256 g/mol. The Hall–Kier alpha value is -1.47. The quantitative estimate of drug-likeness (QED) is 0.526. The number of esters is 2. The highest BCUT2D eigenvalue weighted by Gasteiger charge is 2.70. The van der Waals surface area contributed by atoms with Gasteiger partial charge in [0.2, 0.25) is 6.10 Å². The Morgan fingerprint density at radius 3 is 2.74 bits per heavy atom. The highest BCUT2D eigenvalue weighted by Crippen LogP contribution is 2.46. The molecule has 7 heteroatoms. The van der Waals surface area contributed by atoms with Crippen molar-refractivity contribution in [1.29, 1.82) is 0 Å². The zero-order valence-electron chi connectivity index (χ0n) is 11.1. The fourth-order valence-electron chi connectivity index (χ4n) is 2.41. The fourth-order valence-corrected chi connectivity index (χ4v) is 2.41. The summed E-state index contributed by atoms with van der Waals surface area (Å²) in [6.07, 6.45) is -1.06. The van der Waals surface area contributed by atoms with Gasteiger partial charge < -0.3 is 18.9 Å². The van der Waals surface area contributed by atoms with E-state index in [9.17, 15) is 14.4 Å². The first-order valence-corrected chi connectivity index (χ1v) is 6.06. The molecular formula is C12H16O7. The third-order valence-electron chi connectivity index (χ3n) is 3.33. The molecule has 2 aliphatic heterocycles. The van der Waals surface area contributed by atoms with Crippen molar-refractivity contribution < 1.29 is 33.3 Å². The summed E-state index contributed by atoms with van der Waals surface area (Å²) in [7, 11) is 1.15. The summed E-state index contributed by atoms with van der Waals surface area (Å²) in [6.45, 7) is 3.25. The molecule has 2 bridgehead atoms. The lowest BCUT2D eigenvalue weighted by Gasteiger charge is -2.32. The number of ketones is 1. The molecule has 0 aromatic heterocycles. The molecule has 0 saturated carbocycles. The number of ether oxygens (including phenoxy) is 4. The molecule has 2 heterocycles. The molecule has 0 N–H and O–H groups in total. The van der Waals surface area contributed by atoms with Gasteiger partial charge in [-0.05, 0) is 13.8 Å². The second kappa shape index (κ2) is 4.57. The van der Waals surface area contributed by atoms with Crippen LogP contribution in [-0.4, -0.2) is 48.9 Å². The van der Waals surface area contributed by atoms with E-state index < -0.39 is 35.2 Å². The third-order valence-corrected chi connectivity index (χ3v) is 3.33. The van der Waals surface area contributed by atoms with E-state index in [4.69, 9.17) is 14.2 Å². The first-order chi connectivity index (χ1) is 8.89. The van der Waals surface area contributed by atoms with Gasteiger partial charge in [0, 0.05) is 12.8 Å². The molecule has 0 aromatic carbocycles. The number of hydrogen-bond acceptors (Lipinski definition) is 7. The van der Waals surface area contributed by atoms with Crippen molar-refractivity contribution in [1.82, 2.24) is 0 Å². The van der Waals surface area contributed by atoms with Gasteiger partial charge in [0.25, 0.3) is 5.60 Å². The third kappa shape index (κ3) is 1.93. The summed E-state index contributed by atoms with van der Waals surface area (Å²) in [6, 6.07) is 0. The lowest BCUT2D eigenvalue weighted by atomic mass is 9.87. The minimum atomic E-state index is -2.03. The first-order valence-electron chi connectivity index (χ1n) is 6.06. The van der Waals surface area contributed by atoms with Crippen molar-refractivity contribution in [2.75, 3.05) is 13.7 Å². The maximum Gasteiger partial charge on any atom is 0.349 e. The summed E-state index contributed by atoms with van der Waals surface area (Å²) in [5, 5.41) is 0. The molecule has 3 unspecified atom stereocenters. The van der Waals surface area contributed by atoms with Crippen LogP contribution in [-0.2, 0) is 33.3 Å². The number of fused-ring (bicyclic) bond motifs is 2. The lowest BCUT2D eigenvalue weighted by molar-refractivity contribution is -0.211. The van der Waals surface area contributed by atoms with Crippen LogP contribution >= 0.6 is 0 Å². The van der Waals surface area contributed by atoms with Crippen molar-refractivity contribution in [2.24, 2.45) is 0 Å². The summed E-state index contributed by atoms with van der Waals surface area (Å²) in [5.74, 6) is -3.40. The smallest absolute Gasteiger partial charge is 0.349 e. The Labute approximate surface area is 110 Å². The molecule has 2 aliphatic rings. The number of methoxy groups -OCH3 is 1. The van der Waals surface area contributed by atoms with E-state index in [1.54, 1.807) is 13.8 Å². The Kier molecular flexibility index (Phi) is 3.36. The largest absolute Gasteiger partial charge is 0.467 e. The SMILES string of the molecule is CCOC(=O)C12OC(C)(CCC1=O)OC2C(=O)OC. The van der Waals surface area contributed by atoms with Crippen LogP contribution in [0.15, 0.2) is 0 Å². The summed E-state index contributed by atoms with van der Waals surface area (Å²) >= 11 is 0. The van der Waals surface area contributed by atoms with E-state index in [0.717, 1.165) is 7.11 Å². The highest BCUT2D eigenvalue weighted by molar-refractivity contribution is 6.12. The first kappa shape index (κ1) is 14.0. The monoisotopic (exact) mass is 272 g/mol.